The average Bonchev–Trinajstić information content (AvgIpc) is 3.07. The highest BCUT2D eigenvalue weighted by Crippen LogP contribution is 2.31. The second-order valence-electron chi connectivity index (χ2n) is 6.28. The first-order chi connectivity index (χ1) is 13.8. The number of benzene rings is 2. The smallest absolute Gasteiger partial charge is 0.366 e. The molecule has 0 spiro atoms. The van der Waals surface area contributed by atoms with Crippen molar-refractivity contribution >= 4 is 39.0 Å². The zero-order valence-corrected chi connectivity index (χ0v) is 17.1. The van der Waals surface area contributed by atoms with Crippen LogP contribution in [0.4, 0.5) is 19.0 Å². The number of nitrogens with one attached hydrogen (secondary N) is 1. The monoisotopic (exact) mass is 480 g/mol. The first-order valence-corrected chi connectivity index (χ1v) is 9.69. The summed E-state index contributed by atoms with van der Waals surface area (Å²) >= 11 is 9.75. The van der Waals surface area contributed by atoms with Gasteiger partial charge in [-0.15, -0.1) is 0 Å². The third-order valence-corrected chi connectivity index (χ3v) is 5.22. The van der Waals surface area contributed by atoms with Gasteiger partial charge >= 0.3 is 6.18 Å². The van der Waals surface area contributed by atoms with E-state index >= 15 is 0 Å². The lowest BCUT2D eigenvalue weighted by molar-refractivity contribution is -0.137. The van der Waals surface area contributed by atoms with Crippen molar-refractivity contribution in [2.24, 2.45) is 0 Å². The van der Waals surface area contributed by atoms with Crippen molar-refractivity contribution < 1.29 is 13.2 Å². The maximum absolute atomic E-state index is 12.7. The van der Waals surface area contributed by atoms with Crippen LogP contribution in [0.2, 0.25) is 5.02 Å². The van der Waals surface area contributed by atoms with Gasteiger partial charge in [0.15, 0.2) is 5.65 Å². The Labute approximate surface area is 177 Å². The van der Waals surface area contributed by atoms with Gasteiger partial charge in [-0.25, -0.2) is 4.98 Å². The van der Waals surface area contributed by atoms with Gasteiger partial charge in [-0.3, -0.25) is 0 Å². The van der Waals surface area contributed by atoms with Crippen molar-refractivity contribution in [3.8, 4) is 11.3 Å². The van der Waals surface area contributed by atoms with Gasteiger partial charge in [0.05, 0.1) is 21.9 Å². The van der Waals surface area contributed by atoms with Crippen molar-refractivity contribution in [3.63, 3.8) is 0 Å². The molecule has 0 saturated heterocycles. The molecule has 0 unspecified atom stereocenters. The van der Waals surface area contributed by atoms with Crippen molar-refractivity contribution in [3.05, 3.63) is 81.4 Å². The Bertz CT molecular complexity index is 1170. The van der Waals surface area contributed by atoms with Crippen LogP contribution < -0.4 is 5.32 Å². The van der Waals surface area contributed by atoms with Gasteiger partial charge in [-0.1, -0.05) is 41.9 Å². The maximum Gasteiger partial charge on any atom is 0.416 e. The first kappa shape index (κ1) is 19.7. The predicted molar refractivity (Wildman–Crippen MR) is 110 cm³/mol. The SMILES string of the molecule is FC(F)(F)c1ccc(CNc2cc(-c3ccccc3Cl)nc3c(Br)cnn23)cc1. The molecule has 4 aromatic rings. The van der Waals surface area contributed by atoms with Crippen molar-refractivity contribution in [1.29, 1.82) is 0 Å². The lowest BCUT2D eigenvalue weighted by atomic mass is 10.1. The number of fused-ring (bicyclic) bond motifs is 1. The van der Waals surface area contributed by atoms with Crippen LogP contribution in [0, 0.1) is 0 Å². The van der Waals surface area contributed by atoms with Crippen molar-refractivity contribution in [2.75, 3.05) is 5.32 Å². The summed E-state index contributed by atoms with van der Waals surface area (Å²) in [5.74, 6) is 0.635. The molecule has 29 heavy (non-hydrogen) atoms. The van der Waals surface area contributed by atoms with Gasteiger partial charge < -0.3 is 5.32 Å². The van der Waals surface area contributed by atoms with Crippen LogP contribution in [-0.2, 0) is 12.7 Å². The third-order valence-electron chi connectivity index (χ3n) is 4.33. The normalized spacial score (nSPS) is 11.8. The number of hydrogen-bond acceptors (Lipinski definition) is 3. The second-order valence-corrected chi connectivity index (χ2v) is 7.54. The van der Waals surface area contributed by atoms with Crippen molar-refractivity contribution in [1.82, 2.24) is 14.6 Å². The quantitative estimate of drug-likeness (QED) is 0.365. The Morgan fingerprint density at radius 3 is 2.48 bits per heavy atom. The van der Waals surface area contributed by atoms with E-state index in [-0.39, 0.29) is 0 Å². The summed E-state index contributed by atoms with van der Waals surface area (Å²) in [4.78, 5) is 4.62. The molecule has 0 amide bonds. The molecule has 0 aliphatic carbocycles. The summed E-state index contributed by atoms with van der Waals surface area (Å²) in [6.45, 7) is 0.316. The van der Waals surface area contributed by atoms with Gasteiger partial charge in [0.2, 0.25) is 0 Å². The molecule has 2 aromatic heterocycles. The number of nitrogens with zero attached hydrogens (tertiary/aromatic N) is 3. The summed E-state index contributed by atoms with van der Waals surface area (Å²) in [5, 5.41) is 8.08. The Balaban J connectivity index is 1.67. The van der Waals surface area contributed by atoms with E-state index < -0.39 is 11.7 Å². The summed E-state index contributed by atoms with van der Waals surface area (Å²) in [6.07, 6.45) is -2.73. The van der Waals surface area contributed by atoms with Gasteiger partial charge in [0.1, 0.15) is 5.82 Å². The summed E-state index contributed by atoms with van der Waals surface area (Å²) in [6, 6.07) is 14.2. The van der Waals surface area contributed by atoms with Crippen molar-refractivity contribution in [2.45, 2.75) is 12.7 Å². The molecule has 1 N–H and O–H groups in total. The molecule has 4 rings (SSSR count). The minimum atomic E-state index is -4.35. The van der Waals surface area contributed by atoms with Crippen LogP contribution >= 0.6 is 27.5 Å². The molecule has 0 radical (unpaired) electrons. The van der Waals surface area contributed by atoms with E-state index in [1.165, 1.54) is 12.1 Å². The summed E-state index contributed by atoms with van der Waals surface area (Å²) in [7, 11) is 0. The van der Waals surface area contributed by atoms with Crippen LogP contribution in [0.1, 0.15) is 11.1 Å². The number of hydrogen-bond donors (Lipinski definition) is 1. The Morgan fingerprint density at radius 2 is 1.79 bits per heavy atom. The minimum Gasteiger partial charge on any atom is -0.366 e. The lowest BCUT2D eigenvalue weighted by Crippen LogP contribution is -2.08. The highest BCUT2D eigenvalue weighted by molar-refractivity contribution is 9.10. The number of rotatable bonds is 4. The van der Waals surface area contributed by atoms with Gasteiger partial charge in [0, 0.05) is 23.2 Å². The van der Waals surface area contributed by atoms with E-state index in [9.17, 15) is 13.2 Å². The first-order valence-electron chi connectivity index (χ1n) is 8.52. The predicted octanol–water partition coefficient (Wildman–Crippen LogP) is 6.44. The fraction of sp³-hybridized carbons (Fsp3) is 0.100. The molecule has 2 aromatic carbocycles. The largest absolute Gasteiger partial charge is 0.416 e. The molecule has 148 valence electrons. The van der Waals surface area contributed by atoms with Gasteiger partial charge in [-0.05, 0) is 39.7 Å². The topological polar surface area (TPSA) is 42.2 Å². The third kappa shape index (κ3) is 4.09. The number of aromatic nitrogens is 3. The van der Waals surface area contributed by atoms with Crippen LogP contribution in [0.3, 0.4) is 0 Å². The number of halogens is 5. The average molecular weight is 482 g/mol. The molecule has 9 heteroatoms. The Morgan fingerprint density at radius 1 is 1.07 bits per heavy atom. The molecule has 0 saturated carbocycles. The standard InChI is InChI=1S/C20H13BrClF3N4/c21-15-11-27-29-18(26-10-12-5-7-13(8-6-12)20(23,24)25)9-17(28-19(15)29)14-3-1-2-4-16(14)22/h1-9,11,26H,10H2. The molecule has 0 atom stereocenters. The Kier molecular flexibility index (Phi) is 5.23. The zero-order valence-electron chi connectivity index (χ0n) is 14.7. The number of alkyl halides is 3. The Hall–Kier alpha value is -2.58. The van der Waals surface area contributed by atoms with Gasteiger partial charge in [0.25, 0.3) is 0 Å². The van der Waals surface area contributed by atoms with Gasteiger partial charge in [-0.2, -0.15) is 22.8 Å². The van der Waals surface area contributed by atoms with E-state index in [0.29, 0.717) is 38.8 Å². The molecule has 4 nitrogen and oxygen atoms in total. The molecule has 2 heterocycles. The second kappa shape index (κ2) is 7.68. The number of anilines is 1. The van der Waals surface area contributed by atoms with E-state index in [0.717, 1.165) is 17.7 Å². The zero-order chi connectivity index (χ0) is 20.6. The summed E-state index contributed by atoms with van der Waals surface area (Å²) in [5.41, 5.74) is 2.04. The van der Waals surface area contributed by atoms with E-state index in [1.54, 1.807) is 22.8 Å². The molecule has 0 aliphatic heterocycles. The van der Waals surface area contributed by atoms with Crippen LogP contribution in [0.25, 0.3) is 16.9 Å². The van der Waals surface area contributed by atoms with Crippen LogP contribution in [-0.4, -0.2) is 14.6 Å². The fourth-order valence-electron chi connectivity index (χ4n) is 2.87. The van der Waals surface area contributed by atoms with E-state index in [4.69, 9.17) is 11.6 Å². The molecule has 0 bridgehead atoms. The minimum absolute atomic E-state index is 0.316. The molecular weight excluding hydrogens is 469 g/mol. The highest BCUT2D eigenvalue weighted by Gasteiger charge is 2.29. The fourth-order valence-corrected chi connectivity index (χ4v) is 3.45. The van der Waals surface area contributed by atoms with Crippen LogP contribution in [0.15, 0.2) is 65.3 Å². The maximum atomic E-state index is 12.7. The summed E-state index contributed by atoms with van der Waals surface area (Å²) < 4.78 is 40.5. The highest BCUT2D eigenvalue weighted by atomic mass is 79.9. The van der Waals surface area contributed by atoms with Crippen LogP contribution in [0.5, 0.6) is 0 Å². The lowest BCUT2D eigenvalue weighted by Gasteiger charge is -2.12. The molecular formula is C20H13BrClF3N4. The van der Waals surface area contributed by atoms with E-state index in [1.807, 2.05) is 18.2 Å². The molecule has 0 aliphatic rings. The van der Waals surface area contributed by atoms with E-state index in [2.05, 4.69) is 31.3 Å². The molecule has 0 fully saturated rings.